The zero-order chi connectivity index (χ0) is 11.9. The van der Waals surface area contributed by atoms with Crippen LogP contribution in [0, 0.1) is 0 Å². The van der Waals surface area contributed by atoms with Crippen molar-refractivity contribution in [1.29, 1.82) is 0 Å². The highest BCUT2D eigenvalue weighted by Gasteiger charge is 2.27. The molecule has 0 fully saturated rings. The van der Waals surface area contributed by atoms with Crippen LogP contribution in [0.25, 0.3) is 0 Å². The number of hydrogen-bond acceptors (Lipinski definition) is 3. The van der Waals surface area contributed by atoms with E-state index < -0.39 is 12.0 Å². The summed E-state index contributed by atoms with van der Waals surface area (Å²) in [5.41, 5.74) is 5.99. The van der Waals surface area contributed by atoms with E-state index in [0.717, 1.165) is 0 Å². The molecule has 16 heavy (non-hydrogen) atoms. The first-order valence-electron chi connectivity index (χ1n) is 4.85. The van der Waals surface area contributed by atoms with Crippen LogP contribution >= 0.6 is 0 Å². The monoisotopic (exact) mass is 224 g/mol. The Morgan fingerprint density at radius 3 is 2.88 bits per heavy atom. The molecular formula is C9H12N4O3. The predicted molar refractivity (Wildman–Crippen MR) is 53.9 cm³/mol. The normalized spacial score (nSPS) is 19.3. The number of fused-ring (bicyclic) bond motifs is 1. The Morgan fingerprint density at radius 2 is 2.31 bits per heavy atom. The van der Waals surface area contributed by atoms with Gasteiger partial charge < -0.3 is 15.7 Å². The molecule has 2 rings (SSSR count). The number of amides is 2. The quantitative estimate of drug-likeness (QED) is 0.702. The van der Waals surface area contributed by atoms with Gasteiger partial charge >= 0.3 is 6.09 Å². The number of carboxylic acid groups (broad SMARTS) is 1. The van der Waals surface area contributed by atoms with Gasteiger partial charge in [0.25, 0.3) is 5.91 Å². The molecule has 2 heterocycles. The molecule has 1 aromatic rings. The maximum absolute atomic E-state index is 11.0. The molecule has 86 valence electrons. The van der Waals surface area contributed by atoms with E-state index in [-0.39, 0.29) is 18.3 Å². The molecule has 7 heteroatoms. The van der Waals surface area contributed by atoms with E-state index in [1.54, 1.807) is 4.68 Å². The highest BCUT2D eigenvalue weighted by molar-refractivity contribution is 5.90. The Hall–Kier alpha value is -2.05. The second kappa shape index (κ2) is 3.51. The Bertz CT molecular complexity index is 454. The second-order valence-corrected chi connectivity index (χ2v) is 3.84. The van der Waals surface area contributed by atoms with Crippen molar-refractivity contribution in [3.63, 3.8) is 0 Å². The van der Waals surface area contributed by atoms with Crippen molar-refractivity contribution < 1.29 is 14.7 Å². The SMILES string of the molecule is CC1CN(C(=O)O)Cc2cc(C(N)=O)nn21. The maximum atomic E-state index is 11.0. The molecule has 1 unspecified atom stereocenters. The largest absolute Gasteiger partial charge is 0.465 e. The second-order valence-electron chi connectivity index (χ2n) is 3.84. The summed E-state index contributed by atoms with van der Waals surface area (Å²) in [5, 5.41) is 12.9. The summed E-state index contributed by atoms with van der Waals surface area (Å²) in [5.74, 6) is -0.601. The number of primary amides is 1. The van der Waals surface area contributed by atoms with E-state index in [4.69, 9.17) is 10.8 Å². The minimum atomic E-state index is -0.972. The van der Waals surface area contributed by atoms with Crippen molar-refractivity contribution in [2.75, 3.05) is 6.54 Å². The average molecular weight is 224 g/mol. The smallest absolute Gasteiger partial charge is 0.407 e. The summed E-state index contributed by atoms with van der Waals surface area (Å²) in [6.07, 6.45) is -0.972. The molecule has 2 amide bonds. The standard InChI is InChI=1S/C9H12N4O3/c1-5-3-12(9(15)16)4-6-2-7(8(10)14)11-13(5)6/h2,5H,3-4H2,1H3,(H2,10,14)(H,15,16). The lowest BCUT2D eigenvalue weighted by Crippen LogP contribution is -2.39. The summed E-state index contributed by atoms with van der Waals surface area (Å²) in [7, 11) is 0. The topological polar surface area (TPSA) is 101 Å². The van der Waals surface area contributed by atoms with Crippen molar-refractivity contribution in [2.24, 2.45) is 5.73 Å². The van der Waals surface area contributed by atoms with Gasteiger partial charge in [-0.25, -0.2) is 4.79 Å². The van der Waals surface area contributed by atoms with E-state index in [0.29, 0.717) is 12.2 Å². The molecule has 1 aromatic heterocycles. The van der Waals surface area contributed by atoms with Crippen molar-refractivity contribution in [3.05, 3.63) is 17.5 Å². The summed E-state index contributed by atoms with van der Waals surface area (Å²) < 4.78 is 1.65. The number of carbonyl (C=O) groups excluding carboxylic acids is 1. The number of hydrogen-bond donors (Lipinski definition) is 2. The first-order chi connectivity index (χ1) is 7.49. The minimum Gasteiger partial charge on any atom is -0.465 e. The van der Waals surface area contributed by atoms with Crippen LogP contribution in [0.2, 0.25) is 0 Å². The predicted octanol–water partition coefficient (Wildman–Crippen LogP) is 0.0366. The number of aromatic nitrogens is 2. The Balaban J connectivity index is 2.35. The number of nitrogens with two attached hydrogens (primary N) is 1. The first kappa shape index (κ1) is 10.5. The van der Waals surface area contributed by atoms with E-state index in [1.807, 2.05) is 6.92 Å². The van der Waals surface area contributed by atoms with Gasteiger partial charge in [0, 0.05) is 6.54 Å². The van der Waals surface area contributed by atoms with E-state index in [1.165, 1.54) is 11.0 Å². The van der Waals surface area contributed by atoms with Crippen LogP contribution in [0.1, 0.15) is 29.1 Å². The van der Waals surface area contributed by atoms with Crippen molar-refractivity contribution in [1.82, 2.24) is 14.7 Å². The van der Waals surface area contributed by atoms with Gasteiger partial charge in [0.2, 0.25) is 0 Å². The summed E-state index contributed by atoms with van der Waals surface area (Å²) in [6, 6.07) is 1.45. The number of rotatable bonds is 1. The van der Waals surface area contributed by atoms with Gasteiger partial charge in [-0.15, -0.1) is 0 Å². The molecule has 1 aliphatic rings. The fourth-order valence-electron chi connectivity index (χ4n) is 1.86. The minimum absolute atomic E-state index is 0.0899. The van der Waals surface area contributed by atoms with E-state index in [2.05, 4.69) is 5.10 Å². The lowest BCUT2D eigenvalue weighted by atomic mass is 10.2. The van der Waals surface area contributed by atoms with Crippen LogP contribution in [0.15, 0.2) is 6.07 Å². The van der Waals surface area contributed by atoms with Gasteiger partial charge in [-0.2, -0.15) is 5.10 Å². The van der Waals surface area contributed by atoms with E-state index in [9.17, 15) is 9.59 Å². The summed E-state index contributed by atoms with van der Waals surface area (Å²) in [6.45, 7) is 2.44. The lowest BCUT2D eigenvalue weighted by Gasteiger charge is -2.29. The highest BCUT2D eigenvalue weighted by atomic mass is 16.4. The zero-order valence-corrected chi connectivity index (χ0v) is 8.75. The number of carbonyl (C=O) groups is 2. The van der Waals surface area contributed by atoms with Gasteiger partial charge in [0.15, 0.2) is 0 Å². The van der Waals surface area contributed by atoms with Crippen molar-refractivity contribution in [2.45, 2.75) is 19.5 Å². The first-order valence-corrected chi connectivity index (χ1v) is 4.85. The third kappa shape index (κ3) is 1.60. The van der Waals surface area contributed by atoms with Crippen LogP contribution in [0.3, 0.4) is 0 Å². The van der Waals surface area contributed by atoms with Crippen LogP contribution < -0.4 is 5.73 Å². The van der Waals surface area contributed by atoms with Gasteiger partial charge in [-0.3, -0.25) is 9.48 Å². The summed E-state index contributed by atoms with van der Waals surface area (Å²) in [4.78, 5) is 23.1. The van der Waals surface area contributed by atoms with Gasteiger partial charge in [-0.1, -0.05) is 0 Å². The third-order valence-corrected chi connectivity index (χ3v) is 2.59. The molecule has 0 saturated heterocycles. The molecule has 0 aliphatic carbocycles. The molecule has 0 bridgehead atoms. The summed E-state index contributed by atoms with van der Waals surface area (Å²) >= 11 is 0. The third-order valence-electron chi connectivity index (χ3n) is 2.59. The van der Waals surface area contributed by atoms with Gasteiger partial charge in [0.05, 0.1) is 18.3 Å². The molecule has 0 aromatic carbocycles. The molecule has 3 N–H and O–H groups in total. The number of nitrogens with zero attached hydrogens (tertiary/aromatic N) is 3. The average Bonchev–Trinajstić information content (AvgIpc) is 2.61. The Labute approximate surface area is 91.4 Å². The molecule has 1 atom stereocenters. The molecular weight excluding hydrogens is 212 g/mol. The molecule has 0 spiro atoms. The molecule has 7 nitrogen and oxygen atoms in total. The lowest BCUT2D eigenvalue weighted by molar-refractivity contribution is 0.0992. The highest BCUT2D eigenvalue weighted by Crippen LogP contribution is 2.21. The Kier molecular flexibility index (Phi) is 2.30. The van der Waals surface area contributed by atoms with Crippen LogP contribution in [-0.2, 0) is 6.54 Å². The fourth-order valence-corrected chi connectivity index (χ4v) is 1.86. The van der Waals surface area contributed by atoms with Crippen molar-refractivity contribution in [3.8, 4) is 0 Å². The van der Waals surface area contributed by atoms with Crippen LogP contribution in [0.5, 0.6) is 0 Å². The molecule has 0 saturated carbocycles. The molecule has 0 radical (unpaired) electrons. The van der Waals surface area contributed by atoms with Gasteiger partial charge in [-0.05, 0) is 13.0 Å². The Morgan fingerprint density at radius 1 is 1.62 bits per heavy atom. The fraction of sp³-hybridized carbons (Fsp3) is 0.444. The van der Waals surface area contributed by atoms with Crippen LogP contribution in [0.4, 0.5) is 4.79 Å². The van der Waals surface area contributed by atoms with E-state index >= 15 is 0 Å². The molecule has 1 aliphatic heterocycles. The van der Waals surface area contributed by atoms with Crippen molar-refractivity contribution >= 4 is 12.0 Å². The maximum Gasteiger partial charge on any atom is 0.407 e. The zero-order valence-electron chi connectivity index (χ0n) is 8.75. The van der Waals surface area contributed by atoms with Crippen LogP contribution in [-0.4, -0.2) is 38.3 Å². The van der Waals surface area contributed by atoms with Gasteiger partial charge in [0.1, 0.15) is 5.69 Å².